The number of likely N-dealkylation sites (tertiary alicyclic amines) is 1. The van der Waals surface area contributed by atoms with Crippen molar-refractivity contribution in [2.75, 3.05) is 20.1 Å². The number of rotatable bonds is 1. The van der Waals surface area contributed by atoms with Gasteiger partial charge in [0, 0.05) is 20.1 Å². The molecule has 84 valence electrons. The van der Waals surface area contributed by atoms with E-state index in [9.17, 15) is 14.7 Å². The third kappa shape index (κ3) is 1.56. The Hall–Kier alpha value is -1.26. The number of urea groups is 1. The average Bonchev–Trinajstić information content (AvgIpc) is 2.54. The van der Waals surface area contributed by atoms with Crippen LogP contribution in [0.2, 0.25) is 0 Å². The maximum absolute atomic E-state index is 11.5. The lowest BCUT2D eigenvalue weighted by Crippen LogP contribution is -2.51. The summed E-state index contributed by atoms with van der Waals surface area (Å²) in [7, 11) is 1.58. The van der Waals surface area contributed by atoms with Gasteiger partial charge in [-0.05, 0) is 25.2 Å². The van der Waals surface area contributed by atoms with Gasteiger partial charge < -0.3 is 15.3 Å². The lowest BCUT2D eigenvalue weighted by molar-refractivity contribution is -0.150. The van der Waals surface area contributed by atoms with Gasteiger partial charge in [-0.2, -0.15) is 0 Å². The number of carboxylic acids is 1. The van der Waals surface area contributed by atoms with Crippen LogP contribution >= 0.6 is 0 Å². The van der Waals surface area contributed by atoms with E-state index in [4.69, 9.17) is 0 Å². The Labute approximate surface area is 88.4 Å². The second-order valence-corrected chi connectivity index (χ2v) is 4.63. The zero-order valence-electron chi connectivity index (χ0n) is 8.82. The molecule has 1 saturated heterocycles. The molecular formula is C10H16N2O3. The zero-order valence-corrected chi connectivity index (χ0v) is 8.82. The monoisotopic (exact) mass is 212 g/mol. The molecule has 2 fully saturated rings. The molecule has 2 N–H and O–H groups in total. The van der Waals surface area contributed by atoms with Crippen molar-refractivity contribution in [1.82, 2.24) is 10.2 Å². The van der Waals surface area contributed by atoms with Gasteiger partial charge in [-0.3, -0.25) is 4.79 Å². The third-order valence-electron chi connectivity index (χ3n) is 3.64. The molecule has 2 aliphatic rings. The molecule has 2 bridgehead atoms. The number of carbonyl (C=O) groups is 2. The molecule has 2 unspecified atom stereocenters. The van der Waals surface area contributed by atoms with E-state index in [1.54, 1.807) is 11.9 Å². The first kappa shape index (κ1) is 10.3. The number of carbonyl (C=O) groups excluding carboxylic acids is 1. The second-order valence-electron chi connectivity index (χ2n) is 4.63. The number of hydrogen-bond acceptors (Lipinski definition) is 2. The summed E-state index contributed by atoms with van der Waals surface area (Å²) in [6.07, 6.45) is 2.37. The molecule has 5 nitrogen and oxygen atoms in total. The fraction of sp³-hybridized carbons (Fsp3) is 0.800. The summed E-state index contributed by atoms with van der Waals surface area (Å²) in [5, 5.41) is 11.8. The summed E-state index contributed by atoms with van der Waals surface area (Å²) >= 11 is 0. The van der Waals surface area contributed by atoms with Gasteiger partial charge in [-0.1, -0.05) is 0 Å². The Balaban J connectivity index is 2.17. The Morgan fingerprint density at radius 1 is 1.53 bits per heavy atom. The molecular weight excluding hydrogens is 196 g/mol. The van der Waals surface area contributed by atoms with Gasteiger partial charge in [0.2, 0.25) is 0 Å². The van der Waals surface area contributed by atoms with Crippen LogP contribution in [0, 0.1) is 11.3 Å². The fourth-order valence-electron chi connectivity index (χ4n) is 2.85. The highest BCUT2D eigenvalue weighted by Gasteiger charge is 2.51. The van der Waals surface area contributed by atoms with Crippen molar-refractivity contribution in [1.29, 1.82) is 0 Å². The molecule has 2 atom stereocenters. The van der Waals surface area contributed by atoms with Crippen LogP contribution in [0.15, 0.2) is 0 Å². The standard InChI is InChI=1S/C10H16N2O3/c1-11-9(15)12-5-7-2-3-10(4-7,6-12)8(13)14/h7H,2-6H2,1H3,(H,11,15)(H,13,14). The smallest absolute Gasteiger partial charge is 0.317 e. The third-order valence-corrected chi connectivity index (χ3v) is 3.64. The predicted octanol–water partition coefficient (Wildman–Crippen LogP) is 0.513. The highest BCUT2D eigenvalue weighted by Crippen LogP contribution is 2.46. The van der Waals surface area contributed by atoms with Crippen molar-refractivity contribution in [2.45, 2.75) is 19.3 Å². The van der Waals surface area contributed by atoms with Crippen molar-refractivity contribution < 1.29 is 14.7 Å². The molecule has 2 rings (SSSR count). The van der Waals surface area contributed by atoms with Crippen LogP contribution in [0.3, 0.4) is 0 Å². The number of amides is 2. The molecule has 2 amide bonds. The van der Waals surface area contributed by atoms with E-state index in [0.717, 1.165) is 12.8 Å². The molecule has 0 radical (unpaired) electrons. The normalized spacial score (nSPS) is 33.9. The van der Waals surface area contributed by atoms with Crippen LogP contribution < -0.4 is 5.32 Å². The summed E-state index contributed by atoms with van der Waals surface area (Å²) < 4.78 is 0. The molecule has 0 spiro atoms. The molecule has 0 aromatic heterocycles. The molecule has 0 aromatic carbocycles. The van der Waals surface area contributed by atoms with E-state index in [-0.39, 0.29) is 6.03 Å². The van der Waals surface area contributed by atoms with Gasteiger partial charge >= 0.3 is 12.0 Å². The highest BCUT2D eigenvalue weighted by atomic mass is 16.4. The Morgan fingerprint density at radius 2 is 2.27 bits per heavy atom. The number of piperidine rings is 1. The summed E-state index contributed by atoms with van der Waals surface area (Å²) in [4.78, 5) is 24.3. The first-order valence-electron chi connectivity index (χ1n) is 5.27. The number of hydrogen-bond donors (Lipinski definition) is 2. The van der Waals surface area contributed by atoms with Crippen LogP contribution in [-0.4, -0.2) is 42.1 Å². The van der Waals surface area contributed by atoms with Gasteiger partial charge in [-0.15, -0.1) is 0 Å². The summed E-state index contributed by atoms with van der Waals surface area (Å²) in [6, 6.07) is -0.160. The molecule has 1 aliphatic heterocycles. The first-order valence-corrected chi connectivity index (χ1v) is 5.27. The minimum Gasteiger partial charge on any atom is -0.481 e. The number of fused-ring (bicyclic) bond motifs is 2. The quantitative estimate of drug-likeness (QED) is 0.665. The second kappa shape index (κ2) is 3.40. The van der Waals surface area contributed by atoms with E-state index in [0.29, 0.717) is 25.4 Å². The van der Waals surface area contributed by atoms with Crippen LogP contribution in [0.4, 0.5) is 4.79 Å². The van der Waals surface area contributed by atoms with Crippen LogP contribution in [0.1, 0.15) is 19.3 Å². The average molecular weight is 212 g/mol. The van der Waals surface area contributed by atoms with Crippen molar-refractivity contribution in [3.8, 4) is 0 Å². The van der Waals surface area contributed by atoms with Gasteiger partial charge in [0.25, 0.3) is 0 Å². The number of aliphatic carboxylic acids is 1. The Kier molecular flexibility index (Phi) is 2.32. The van der Waals surface area contributed by atoms with Gasteiger partial charge in [0.1, 0.15) is 0 Å². The Bertz CT molecular complexity index is 305. The lowest BCUT2D eigenvalue weighted by Gasteiger charge is -2.37. The molecule has 1 heterocycles. The van der Waals surface area contributed by atoms with Gasteiger partial charge in [0.05, 0.1) is 5.41 Å². The number of nitrogens with one attached hydrogen (secondary N) is 1. The summed E-state index contributed by atoms with van der Waals surface area (Å²) in [5.41, 5.74) is -0.671. The van der Waals surface area contributed by atoms with Crippen LogP contribution in [-0.2, 0) is 4.79 Å². The van der Waals surface area contributed by atoms with Gasteiger partial charge in [-0.25, -0.2) is 4.79 Å². The minimum atomic E-state index is -0.751. The molecule has 1 aliphatic carbocycles. The fourth-order valence-corrected chi connectivity index (χ4v) is 2.85. The van der Waals surface area contributed by atoms with Crippen molar-refractivity contribution in [3.63, 3.8) is 0 Å². The molecule has 15 heavy (non-hydrogen) atoms. The zero-order chi connectivity index (χ0) is 11.1. The minimum absolute atomic E-state index is 0.160. The van der Waals surface area contributed by atoms with E-state index in [2.05, 4.69) is 5.32 Å². The van der Waals surface area contributed by atoms with Crippen LogP contribution in [0.5, 0.6) is 0 Å². The molecule has 1 saturated carbocycles. The molecule has 5 heteroatoms. The van der Waals surface area contributed by atoms with Crippen molar-refractivity contribution in [3.05, 3.63) is 0 Å². The van der Waals surface area contributed by atoms with E-state index in [1.165, 1.54) is 0 Å². The maximum atomic E-state index is 11.5. The summed E-state index contributed by atoms with van der Waals surface area (Å²) in [6.45, 7) is 1.06. The van der Waals surface area contributed by atoms with Crippen molar-refractivity contribution in [2.24, 2.45) is 11.3 Å². The predicted molar refractivity (Wildman–Crippen MR) is 53.4 cm³/mol. The highest BCUT2D eigenvalue weighted by molar-refractivity contribution is 5.79. The van der Waals surface area contributed by atoms with Crippen LogP contribution in [0.25, 0.3) is 0 Å². The Morgan fingerprint density at radius 3 is 2.87 bits per heavy atom. The topological polar surface area (TPSA) is 69.6 Å². The molecule has 0 aromatic rings. The first-order chi connectivity index (χ1) is 7.07. The maximum Gasteiger partial charge on any atom is 0.317 e. The SMILES string of the molecule is CNC(=O)N1CC2CCC(C(=O)O)(C2)C1. The van der Waals surface area contributed by atoms with E-state index < -0.39 is 11.4 Å². The van der Waals surface area contributed by atoms with E-state index in [1.807, 2.05) is 0 Å². The number of carboxylic acid groups (broad SMARTS) is 1. The summed E-state index contributed by atoms with van der Waals surface area (Å²) in [5.74, 6) is -0.384. The van der Waals surface area contributed by atoms with E-state index >= 15 is 0 Å². The largest absolute Gasteiger partial charge is 0.481 e. The van der Waals surface area contributed by atoms with Crippen molar-refractivity contribution >= 4 is 12.0 Å². The van der Waals surface area contributed by atoms with Gasteiger partial charge in [0.15, 0.2) is 0 Å². The lowest BCUT2D eigenvalue weighted by atomic mass is 9.82. The number of nitrogens with zero attached hydrogens (tertiary/aromatic N) is 1.